The lowest BCUT2D eigenvalue weighted by Crippen LogP contribution is -2.49. The molecule has 0 spiro atoms. The molecule has 1 amide bonds. The van der Waals surface area contributed by atoms with Crippen LogP contribution < -0.4 is 9.47 Å². The molecule has 2 aliphatic rings. The predicted molar refractivity (Wildman–Crippen MR) is 107 cm³/mol. The van der Waals surface area contributed by atoms with E-state index in [-0.39, 0.29) is 12.1 Å². The van der Waals surface area contributed by atoms with Gasteiger partial charge in [0.15, 0.2) is 11.5 Å². The van der Waals surface area contributed by atoms with Gasteiger partial charge in [0.2, 0.25) is 0 Å². The fraction of sp³-hybridized carbons (Fsp3) is 0.435. The highest BCUT2D eigenvalue weighted by Gasteiger charge is 2.40. The van der Waals surface area contributed by atoms with Crippen LogP contribution in [0.1, 0.15) is 41.9 Å². The third-order valence-electron chi connectivity index (χ3n) is 5.99. The molecule has 28 heavy (non-hydrogen) atoms. The lowest BCUT2D eigenvalue weighted by molar-refractivity contribution is 0.0566. The van der Waals surface area contributed by atoms with Crippen LogP contribution in [0, 0.1) is 0 Å². The van der Waals surface area contributed by atoms with Crippen molar-refractivity contribution >= 4 is 6.09 Å². The Kier molecular flexibility index (Phi) is 5.42. The Morgan fingerprint density at radius 1 is 1.07 bits per heavy atom. The van der Waals surface area contributed by atoms with E-state index in [4.69, 9.17) is 14.2 Å². The molecule has 2 atom stereocenters. The van der Waals surface area contributed by atoms with Crippen molar-refractivity contribution in [3.63, 3.8) is 0 Å². The first-order valence-electron chi connectivity index (χ1n) is 9.94. The summed E-state index contributed by atoms with van der Waals surface area (Å²) in [6.45, 7) is 1.08. The van der Waals surface area contributed by atoms with E-state index in [1.165, 1.54) is 11.1 Å². The quantitative estimate of drug-likeness (QED) is 0.780. The number of carbonyl (C=O) groups is 1. The van der Waals surface area contributed by atoms with Crippen LogP contribution in [0.2, 0.25) is 0 Å². The van der Waals surface area contributed by atoms with Gasteiger partial charge in [0.1, 0.15) is 6.61 Å². The molecule has 0 aromatic heterocycles. The normalized spacial score (nSPS) is 20.7. The van der Waals surface area contributed by atoms with Gasteiger partial charge in [-0.05, 0) is 42.9 Å². The van der Waals surface area contributed by atoms with Crippen molar-refractivity contribution in [3.05, 3.63) is 59.2 Å². The number of amides is 1. The average molecular weight is 381 g/mol. The van der Waals surface area contributed by atoms with Crippen LogP contribution in [0.4, 0.5) is 4.79 Å². The maximum absolute atomic E-state index is 12.8. The predicted octanol–water partition coefficient (Wildman–Crippen LogP) is 4.53. The van der Waals surface area contributed by atoms with Gasteiger partial charge in [-0.15, -0.1) is 0 Å². The zero-order valence-electron chi connectivity index (χ0n) is 16.5. The summed E-state index contributed by atoms with van der Waals surface area (Å²) in [5, 5.41) is 0. The Morgan fingerprint density at radius 3 is 2.64 bits per heavy atom. The van der Waals surface area contributed by atoms with Crippen molar-refractivity contribution in [1.29, 1.82) is 0 Å². The van der Waals surface area contributed by atoms with Crippen molar-refractivity contribution in [2.24, 2.45) is 0 Å². The summed E-state index contributed by atoms with van der Waals surface area (Å²) >= 11 is 0. The van der Waals surface area contributed by atoms with Crippen LogP contribution >= 0.6 is 0 Å². The molecule has 2 unspecified atom stereocenters. The maximum Gasteiger partial charge on any atom is 0.410 e. The first-order chi connectivity index (χ1) is 13.7. The molecule has 2 aromatic carbocycles. The molecule has 1 heterocycles. The van der Waals surface area contributed by atoms with Crippen LogP contribution in [0.15, 0.2) is 42.5 Å². The van der Waals surface area contributed by atoms with E-state index in [1.807, 2.05) is 41.3 Å². The summed E-state index contributed by atoms with van der Waals surface area (Å²) in [6.07, 6.45) is 3.65. The van der Waals surface area contributed by atoms with E-state index >= 15 is 0 Å². The summed E-state index contributed by atoms with van der Waals surface area (Å²) in [4.78, 5) is 14.8. The number of piperidine rings is 1. The smallest absolute Gasteiger partial charge is 0.410 e. The van der Waals surface area contributed by atoms with Crippen molar-refractivity contribution in [2.75, 3.05) is 20.8 Å². The first kappa shape index (κ1) is 18.7. The molecular weight excluding hydrogens is 354 g/mol. The molecule has 148 valence electrons. The molecule has 2 aromatic rings. The van der Waals surface area contributed by atoms with Crippen LogP contribution in [0.25, 0.3) is 0 Å². The lowest BCUT2D eigenvalue weighted by atomic mass is 9.74. The van der Waals surface area contributed by atoms with Crippen LogP contribution in [0.3, 0.4) is 0 Å². The van der Waals surface area contributed by atoms with Crippen molar-refractivity contribution < 1.29 is 19.0 Å². The first-order valence-corrected chi connectivity index (χ1v) is 9.94. The monoisotopic (exact) mass is 381 g/mol. The van der Waals surface area contributed by atoms with Crippen molar-refractivity contribution in [1.82, 2.24) is 4.90 Å². The molecule has 1 fully saturated rings. The zero-order chi connectivity index (χ0) is 19.5. The number of ether oxygens (including phenoxy) is 3. The standard InChI is InChI=1S/C23H27NO4/c1-26-21-13-11-17-18-9-6-14-24(20(18)12-10-19(17)22(21)27-2)23(25)28-15-16-7-4-3-5-8-16/h3-5,7-8,11,13,18,20H,6,9-10,12,14-15H2,1-2H3. The molecular formula is C23H27NO4. The summed E-state index contributed by atoms with van der Waals surface area (Å²) < 4.78 is 16.7. The lowest BCUT2D eigenvalue weighted by Gasteiger charge is -2.44. The molecule has 1 aliphatic carbocycles. The molecule has 4 rings (SSSR count). The van der Waals surface area contributed by atoms with Crippen molar-refractivity contribution in [3.8, 4) is 11.5 Å². The van der Waals surface area contributed by atoms with E-state index in [0.717, 1.165) is 49.3 Å². The van der Waals surface area contributed by atoms with Gasteiger partial charge in [-0.3, -0.25) is 0 Å². The molecule has 5 nitrogen and oxygen atoms in total. The second-order valence-corrected chi connectivity index (χ2v) is 7.46. The Bertz CT molecular complexity index is 836. The summed E-state index contributed by atoms with van der Waals surface area (Å²) in [5.41, 5.74) is 3.52. The van der Waals surface area contributed by atoms with Gasteiger partial charge in [0, 0.05) is 24.1 Å². The Morgan fingerprint density at radius 2 is 1.89 bits per heavy atom. The molecule has 1 aliphatic heterocycles. The van der Waals surface area contributed by atoms with Gasteiger partial charge in [0.25, 0.3) is 0 Å². The number of hydrogen-bond donors (Lipinski definition) is 0. The summed E-state index contributed by atoms with van der Waals surface area (Å²) in [5.74, 6) is 1.93. The van der Waals surface area contributed by atoms with E-state index in [1.54, 1.807) is 14.2 Å². The van der Waals surface area contributed by atoms with Gasteiger partial charge in [0.05, 0.1) is 14.2 Å². The topological polar surface area (TPSA) is 48.0 Å². The van der Waals surface area contributed by atoms with E-state index in [0.29, 0.717) is 12.5 Å². The largest absolute Gasteiger partial charge is 0.493 e. The fourth-order valence-electron chi connectivity index (χ4n) is 4.71. The number of methoxy groups -OCH3 is 2. The third kappa shape index (κ3) is 3.41. The van der Waals surface area contributed by atoms with Gasteiger partial charge in [-0.2, -0.15) is 0 Å². The number of likely N-dealkylation sites (tertiary alicyclic amines) is 1. The van der Waals surface area contributed by atoms with Crippen LogP contribution in [-0.2, 0) is 17.8 Å². The molecule has 0 saturated carbocycles. The number of fused-ring (bicyclic) bond motifs is 3. The minimum absolute atomic E-state index is 0.183. The molecule has 1 saturated heterocycles. The minimum Gasteiger partial charge on any atom is -0.493 e. The average Bonchev–Trinajstić information content (AvgIpc) is 2.76. The van der Waals surface area contributed by atoms with Crippen molar-refractivity contribution in [2.45, 2.75) is 44.2 Å². The SMILES string of the molecule is COc1ccc2c(c1OC)CCC1C2CCCN1C(=O)OCc1ccccc1. The maximum atomic E-state index is 12.8. The van der Waals surface area contributed by atoms with Gasteiger partial charge in [-0.25, -0.2) is 4.79 Å². The zero-order valence-corrected chi connectivity index (χ0v) is 16.5. The van der Waals surface area contributed by atoms with Gasteiger partial charge >= 0.3 is 6.09 Å². The summed E-state index contributed by atoms with van der Waals surface area (Å²) in [7, 11) is 3.36. The fourth-order valence-corrected chi connectivity index (χ4v) is 4.71. The molecule has 0 bridgehead atoms. The number of rotatable bonds is 4. The van der Waals surface area contributed by atoms with E-state index < -0.39 is 0 Å². The summed E-state index contributed by atoms with van der Waals surface area (Å²) in [6, 6.07) is 14.1. The van der Waals surface area contributed by atoms with Crippen LogP contribution in [0.5, 0.6) is 11.5 Å². The van der Waals surface area contributed by atoms with Gasteiger partial charge in [-0.1, -0.05) is 36.4 Å². The molecule has 0 N–H and O–H groups in total. The van der Waals surface area contributed by atoms with E-state index in [9.17, 15) is 4.79 Å². The highest BCUT2D eigenvalue weighted by atomic mass is 16.6. The molecule has 5 heteroatoms. The Hall–Kier alpha value is -2.69. The highest BCUT2D eigenvalue weighted by molar-refractivity contribution is 5.69. The molecule has 0 radical (unpaired) electrons. The number of nitrogens with zero attached hydrogens (tertiary/aromatic N) is 1. The van der Waals surface area contributed by atoms with E-state index in [2.05, 4.69) is 6.07 Å². The minimum atomic E-state index is -0.206. The Labute approximate surface area is 166 Å². The second-order valence-electron chi connectivity index (χ2n) is 7.46. The Balaban J connectivity index is 1.52. The highest BCUT2D eigenvalue weighted by Crippen LogP contribution is 2.46. The third-order valence-corrected chi connectivity index (χ3v) is 5.99. The van der Waals surface area contributed by atoms with Gasteiger partial charge < -0.3 is 19.1 Å². The second kappa shape index (κ2) is 8.13. The number of carbonyl (C=O) groups excluding carboxylic acids is 1. The number of hydrogen-bond acceptors (Lipinski definition) is 4. The number of benzene rings is 2. The van der Waals surface area contributed by atoms with Crippen LogP contribution in [-0.4, -0.2) is 37.8 Å².